The molecule has 0 aliphatic heterocycles. The predicted octanol–water partition coefficient (Wildman–Crippen LogP) is 4.41. The second kappa shape index (κ2) is 7.80. The van der Waals surface area contributed by atoms with E-state index in [0.29, 0.717) is 5.56 Å². The van der Waals surface area contributed by atoms with E-state index in [-0.39, 0.29) is 6.04 Å². The van der Waals surface area contributed by atoms with E-state index in [2.05, 4.69) is 5.32 Å². The van der Waals surface area contributed by atoms with Crippen LogP contribution in [0.5, 0.6) is 0 Å². The van der Waals surface area contributed by atoms with Gasteiger partial charge >= 0.3 is 6.18 Å². The topological polar surface area (TPSA) is 12.0 Å². The van der Waals surface area contributed by atoms with Gasteiger partial charge in [0.1, 0.15) is 0 Å². The molecular formula is C14H20F3NS. The molecule has 5 heteroatoms. The quantitative estimate of drug-likeness (QED) is 0.798. The van der Waals surface area contributed by atoms with Crippen LogP contribution in [0.15, 0.2) is 30.3 Å². The molecule has 0 amide bonds. The molecule has 108 valence electrons. The number of hydrogen-bond acceptors (Lipinski definition) is 2. The fourth-order valence-electron chi connectivity index (χ4n) is 1.88. The lowest BCUT2D eigenvalue weighted by Gasteiger charge is -2.24. The number of hydrogen-bond donors (Lipinski definition) is 1. The maximum Gasteiger partial charge on any atom is 0.390 e. The van der Waals surface area contributed by atoms with Crippen LogP contribution in [0.25, 0.3) is 0 Å². The van der Waals surface area contributed by atoms with E-state index in [0.717, 1.165) is 11.5 Å². The van der Waals surface area contributed by atoms with E-state index < -0.39 is 18.6 Å². The highest BCUT2D eigenvalue weighted by Crippen LogP contribution is 2.29. The summed E-state index contributed by atoms with van der Waals surface area (Å²) in [7, 11) is 0. The van der Waals surface area contributed by atoms with Crippen molar-refractivity contribution in [1.29, 1.82) is 0 Å². The fraction of sp³-hybridized carbons (Fsp3) is 0.571. The van der Waals surface area contributed by atoms with Crippen LogP contribution < -0.4 is 5.32 Å². The lowest BCUT2D eigenvalue weighted by molar-refractivity contribution is -0.140. The van der Waals surface area contributed by atoms with Gasteiger partial charge in [0.15, 0.2) is 0 Å². The summed E-state index contributed by atoms with van der Waals surface area (Å²) >= 11 is 1.73. The molecule has 0 saturated carbocycles. The molecule has 1 aromatic carbocycles. The van der Waals surface area contributed by atoms with Crippen molar-refractivity contribution in [2.75, 3.05) is 11.5 Å². The molecule has 0 aliphatic carbocycles. The largest absolute Gasteiger partial charge is 0.390 e. The molecule has 0 fully saturated rings. The average molecular weight is 291 g/mol. The van der Waals surface area contributed by atoms with E-state index in [4.69, 9.17) is 0 Å². The molecule has 1 N–H and O–H groups in total. The highest BCUT2D eigenvalue weighted by molar-refractivity contribution is 7.99. The van der Waals surface area contributed by atoms with Crippen molar-refractivity contribution in [3.8, 4) is 0 Å². The Labute approximate surface area is 117 Å². The SMILES string of the molecule is CCSCC(C)NC(CC(F)(F)F)c1ccccc1. The molecule has 0 radical (unpaired) electrons. The number of alkyl halides is 3. The van der Waals surface area contributed by atoms with Crippen LogP contribution in [0.4, 0.5) is 13.2 Å². The number of benzene rings is 1. The summed E-state index contributed by atoms with van der Waals surface area (Å²) in [5, 5.41) is 3.08. The zero-order chi connectivity index (χ0) is 14.3. The standard InChI is InChI=1S/C14H20F3NS/c1-3-19-10-11(2)18-13(9-14(15,16)17)12-7-5-4-6-8-12/h4-8,11,13,18H,3,9-10H2,1-2H3. The highest BCUT2D eigenvalue weighted by atomic mass is 32.2. The van der Waals surface area contributed by atoms with Crippen molar-refractivity contribution >= 4 is 11.8 Å². The van der Waals surface area contributed by atoms with Gasteiger partial charge in [-0.15, -0.1) is 0 Å². The Morgan fingerprint density at radius 1 is 1.21 bits per heavy atom. The first-order chi connectivity index (χ1) is 8.92. The predicted molar refractivity (Wildman–Crippen MR) is 75.5 cm³/mol. The van der Waals surface area contributed by atoms with Crippen LogP contribution in [-0.4, -0.2) is 23.7 Å². The van der Waals surface area contributed by atoms with Crippen molar-refractivity contribution in [3.05, 3.63) is 35.9 Å². The van der Waals surface area contributed by atoms with Crippen LogP contribution in [0.3, 0.4) is 0 Å². The monoisotopic (exact) mass is 291 g/mol. The third-order valence-corrected chi connectivity index (χ3v) is 3.84. The second-order valence-corrected chi connectivity index (χ2v) is 5.83. The molecule has 1 aromatic rings. The molecule has 1 nitrogen and oxygen atoms in total. The van der Waals surface area contributed by atoms with Crippen molar-refractivity contribution in [2.24, 2.45) is 0 Å². The molecule has 0 heterocycles. The number of thioether (sulfide) groups is 1. The molecular weight excluding hydrogens is 271 g/mol. The van der Waals surface area contributed by atoms with E-state index in [1.807, 2.05) is 19.9 Å². The van der Waals surface area contributed by atoms with E-state index >= 15 is 0 Å². The molecule has 1 rings (SSSR count). The van der Waals surface area contributed by atoms with E-state index in [1.54, 1.807) is 36.0 Å². The van der Waals surface area contributed by atoms with Crippen molar-refractivity contribution in [2.45, 2.75) is 38.5 Å². The summed E-state index contributed by atoms with van der Waals surface area (Å²) in [5.74, 6) is 1.79. The minimum absolute atomic E-state index is 0.0532. The molecule has 0 saturated heterocycles. The van der Waals surface area contributed by atoms with Crippen LogP contribution in [0.1, 0.15) is 31.9 Å². The average Bonchev–Trinajstić information content (AvgIpc) is 2.35. The Balaban J connectivity index is 2.70. The van der Waals surface area contributed by atoms with Gasteiger partial charge in [0, 0.05) is 17.8 Å². The molecule has 0 aromatic heterocycles. The lowest BCUT2D eigenvalue weighted by Crippen LogP contribution is -2.35. The Kier molecular flexibility index (Phi) is 6.72. The maximum atomic E-state index is 12.6. The van der Waals surface area contributed by atoms with Crippen LogP contribution in [0.2, 0.25) is 0 Å². The van der Waals surface area contributed by atoms with Gasteiger partial charge in [-0.2, -0.15) is 24.9 Å². The van der Waals surface area contributed by atoms with Gasteiger partial charge in [0.25, 0.3) is 0 Å². The van der Waals surface area contributed by atoms with Gasteiger partial charge in [0.05, 0.1) is 6.42 Å². The fourth-order valence-corrected chi connectivity index (χ4v) is 2.56. The van der Waals surface area contributed by atoms with Gasteiger partial charge in [-0.1, -0.05) is 37.3 Å². The van der Waals surface area contributed by atoms with Gasteiger partial charge in [0.2, 0.25) is 0 Å². The Hall–Kier alpha value is -0.680. The van der Waals surface area contributed by atoms with Crippen LogP contribution in [-0.2, 0) is 0 Å². The molecule has 2 unspecified atom stereocenters. The third kappa shape index (κ3) is 6.87. The molecule has 19 heavy (non-hydrogen) atoms. The lowest BCUT2D eigenvalue weighted by atomic mass is 10.0. The first-order valence-corrected chi connectivity index (χ1v) is 7.53. The summed E-state index contributed by atoms with van der Waals surface area (Å²) in [6.07, 6.45) is -5.00. The van der Waals surface area contributed by atoms with Crippen molar-refractivity contribution in [3.63, 3.8) is 0 Å². The summed E-state index contributed by atoms with van der Waals surface area (Å²) in [4.78, 5) is 0. The normalized spacial score (nSPS) is 15.2. The summed E-state index contributed by atoms with van der Waals surface area (Å²) in [6, 6.07) is 8.21. The number of nitrogens with one attached hydrogen (secondary N) is 1. The van der Waals surface area contributed by atoms with Gasteiger partial charge in [-0.05, 0) is 18.2 Å². The minimum Gasteiger partial charge on any atom is -0.306 e. The van der Waals surface area contributed by atoms with E-state index in [9.17, 15) is 13.2 Å². The molecule has 0 spiro atoms. The molecule has 2 atom stereocenters. The van der Waals surface area contributed by atoms with Crippen molar-refractivity contribution in [1.82, 2.24) is 5.32 Å². The maximum absolute atomic E-state index is 12.6. The first kappa shape index (κ1) is 16.4. The van der Waals surface area contributed by atoms with Crippen LogP contribution >= 0.6 is 11.8 Å². The Morgan fingerprint density at radius 2 is 1.84 bits per heavy atom. The van der Waals surface area contributed by atoms with Crippen molar-refractivity contribution < 1.29 is 13.2 Å². The number of halogens is 3. The molecule has 0 aliphatic rings. The second-order valence-electron chi connectivity index (χ2n) is 4.51. The van der Waals surface area contributed by atoms with Gasteiger partial charge < -0.3 is 5.32 Å². The third-order valence-electron chi connectivity index (χ3n) is 2.70. The van der Waals surface area contributed by atoms with Crippen LogP contribution in [0, 0.1) is 0 Å². The van der Waals surface area contributed by atoms with Gasteiger partial charge in [-0.25, -0.2) is 0 Å². The Bertz CT molecular complexity index is 353. The molecule has 0 bridgehead atoms. The minimum atomic E-state index is -4.16. The van der Waals surface area contributed by atoms with Gasteiger partial charge in [-0.3, -0.25) is 0 Å². The summed E-state index contributed by atoms with van der Waals surface area (Å²) in [5.41, 5.74) is 0.688. The number of rotatable bonds is 7. The highest BCUT2D eigenvalue weighted by Gasteiger charge is 2.33. The zero-order valence-corrected chi connectivity index (χ0v) is 12.0. The smallest absolute Gasteiger partial charge is 0.306 e. The van der Waals surface area contributed by atoms with E-state index in [1.165, 1.54) is 0 Å². The Morgan fingerprint density at radius 3 is 2.37 bits per heavy atom. The summed E-state index contributed by atoms with van der Waals surface area (Å²) < 4.78 is 37.9. The first-order valence-electron chi connectivity index (χ1n) is 6.38. The zero-order valence-electron chi connectivity index (χ0n) is 11.2. The summed E-state index contributed by atoms with van der Waals surface area (Å²) in [6.45, 7) is 3.97.